The van der Waals surface area contributed by atoms with E-state index in [1.165, 1.54) is 6.92 Å². The van der Waals surface area contributed by atoms with Crippen LogP contribution in [0.5, 0.6) is 0 Å². The molecule has 0 spiro atoms. The van der Waals surface area contributed by atoms with Crippen LogP contribution in [-0.2, 0) is 52.8 Å². The number of nitrogens with two attached hydrogens (primary N) is 5. The fraction of sp³-hybridized carbons (Fsp3) is 0.412. The Bertz CT molecular complexity index is 2630. The predicted octanol–water partition coefficient (Wildman–Crippen LogP) is 0.403. The molecule has 0 aliphatic heterocycles. The van der Waals surface area contributed by atoms with Crippen LogP contribution in [0.15, 0.2) is 96.2 Å². The van der Waals surface area contributed by atoms with Gasteiger partial charge in [-0.1, -0.05) is 66.7 Å². The number of carbonyl (C=O) groups excluding carboxylic acids is 7. The van der Waals surface area contributed by atoms with Crippen LogP contribution in [0.25, 0.3) is 21.8 Å². The molecular weight excluding hydrogens is 921 g/mol. The molecule has 21 heteroatoms. The Morgan fingerprint density at radius 3 is 1.36 bits per heavy atom. The van der Waals surface area contributed by atoms with Gasteiger partial charge in [0.1, 0.15) is 36.3 Å². The zero-order chi connectivity index (χ0) is 52.0. The zero-order valence-electron chi connectivity index (χ0n) is 40.7. The second-order valence-electron chi connectivity index (χ2n) is 17.8. The van der Waals surface area contributed by atoms with Crippen molar-refractivity contribution < 1.29 is 33.6 Å². The summed E-state index contributed by atoms with van der Waals surface area (Å²) in [5, 5.41) is 18.4. The summed E-state index contributed by atoms with van der Waals surface area (Å²) in [7, 11) is 0. The Morgan fingerprint density at radius 2 is 0.889 bits per heavy atom. The van der Waals surface area contributed by atoms with Gasteiger partial charge in [0.2, 0.25) is 41.4 Å². The van der Waals surface area contributed by atoms with Gasteiger partial charge in [-0.15, -0.1) is 0 Å². The number of hydrogen-bond donors (Lipinski definition) is 13. The normalized spacial score (nSPS) is 13.7. The number of fused-ring (bicyclic) bond motifs is 2. The molecule has 0 bridgehead atoms. The van der Waals surface area contributed by atoms with Crippen molar-refractivity contribution in [3.63, 3.8) is 0 Å². The second-order valence-corrected chi connectivity index (χ2v) is 17.8. The SMILES string of the molecule is CC(=O)N[C@@H](CCCN=C(N)N)C(=O)N[C@@H](CCCCN)C(=O)N[C@@H](CCCCN)C(=O)N[C@@H](Cc1c[nH]c2ccccc12)C(=O)N[C@@H](Cc1ccccc1)C(=O)N[C@@H](Cc1c[nH]c2ccccc12)C(N)=O. The van der Waals surface area contributed by atoms with Gasteiger partial charge in [-0.05, 0) is 93.3 Å². The largest absolute Gasteiger partial charge is 0.370 e. The molecule has 0 saturated heterocycles. The number of aromatic amines is 2. The number of aromatic nitrogens is 2. The third-order valence-electron chi connectivity index (χ3n) is 12.2. The van der Waals surface area contributed by atoms with Crippen molar-refractivity contribution in [1.82, 2.24) is 41.9 Å². The molecule has 7 amide bonds. The first-order valence-electron chi connectivity index (χ1n) is 24.3. The van der Waals surface area contributed by atoms with E-state index in [2.05, 4.69) is 46.9 Å². The van der Waals surface area contributed by atoms with Crippen molar-refractivity contribution in [2.24, 2.45) is 33.7 Å². The van der Waals surface area contributed by atoms with Crippen LogP contribution >= 0.6 is 0 Å². The molecule has 2 heterocycles. The van der Waals surface area contributed by atoms with Gasteiger partial charge in [-0.25, -0.2) is 0 Å². The van der Waals surface area contributed by atoms with Crippen molar-refractivity contribution in [2.45, 2.75) is 114 Å². The topological polar surface area (TPSA) is 366 Å². The average Bonchev–Trinajstić information content (AvgIpc) is 3.97. The third-order valence-corrected chi connectivity index (χ3v) is 12.2. The fourth-order valence-electron chi connectivity index (χ4n) is 8.43. The Morgan fingerprint density at radius 1 is 0.486 bits per heavy atom. The average molecular weight is 991 g/mol. The standard InChI is InChI=1S/C51H70N14O7/c1-31(66)60-39(22-13-25-57-51(55)56)46(68)61-40(20-9-11-23-52)47(69)62-41(21-10-12-24-53)48(70)65-44(28-34-30-59-38-19-8-6-17-36(34)38)50(72)64-43(26-32-14-3-2-4-15-32)49(71)63-42(45(54)67)27-33-29-58-37-18-7-5-16-35(33)37/h2-8,14-19,29-30,39-44,58-59H,9-13,20-28,52-53H2,1H3,(H2,54,67)(H,60,66)(H,61,68)(H,62,69)(H,63,71)(H,64,72)(H,65,70)(H4,55,56,57)/t39-,40-,41-,42-,43-,44-/m0/s1. The smallest absolute Gasteiger partial charge is 0.243 e. The van der Waals surface area contributed by atoms with E-state index in [9.17, 15) is 33.6 Å². The monoisotopic (exact) mass is 991 g/mol. The lowest BCUT2D eigenvalue weighted by molar-refractivity contribution is -0.135. The lowest BCUT2D eigenvalue weighted by Gasteiger charge is -2.28. The van der Waals surface area contributed by atoms with E-state index in [4.69, 9.17) is 28.7 Å². The van der Waals surface area contributed by atoms with E-state index >= 15 is 0 Å². The van der Waals surface area contributed by atoms with E-state index in [0.29, 0.717) is 56.3 Å². The molecule has 21 nitrogen and oxygen atoms in total. The number of aliphatic imine (C=N–C) groups is 1. The number of nitrogens with one attached hydrogen (secondary N) is 8. The molecule has 0 unspecified atom stereocenters. The molecule has 3 aromatic carbocycles. The highest BCUT2D eigenvalue weighted by Gasteiger charge is 2.34. The third kappa shape index (κ3) is 17.0. The van der Waals surface area contributed by atoms with Crippen LogP contribution in [0.4, 0.5) is 0 Å². The lowest BCUT2D eigenvalue weighted by atomic mass is 10.00. The first-order chi connectivity index (χ1) is 34.7. The van der Waals surface area contributed by atoms with Gasteiger partial charge in [0, 0.05) is 66.9 Å². The molecule has 18 N–H and O–H groups in total. The molecule has 5 aromatic rings. The molecule has 2 aromatic heterocycles. The second kappa shape index (κ2) is 28.2. The first-order valence-corrected chi connectivity index (χ1v) is 24.3. The number of primary amides is 1. The van der Waals surface area contributed by atoms with E-state index in [1.54, 1.807) is 36.7 Å². The fourth-order valence-corrected chi connectivity index (χ4v) is 8.43. The number of H-pyrrole nitrogens is 2. The summed E-state index contributed by atoms with van der Waals surface area (Å²) in [4.78, 5) is 107. The maximum Gasteiger partial charge on any atom is 0.243 e. The number of unbranched alkanes of at least 4 members (excludes halogenated alkanes) is 2. The van der Waals surface area contributed by atoms with Gasteiger partial charge in [0.05, 0.1) is 0 Å². The molecule has 0 aliphatic rings. The molecule has 0 fully saturated rings. The number of rotatable bonds is 30. The maximum atomic E-state index is 14.8. The van der Waals surface area contributed by atoms with Crippen molar-refractivity contribution in [2.75, 3.05) is 19.6 Å². The highest BCUT2D eigenvalue weighted by Crippen LogP contribution is 2.21. The molecule has 5 rings (SSSR count). The Hall–Kier alpha value is -7.78. The zero-order valence-corrected chi connectivity index (χ0v) is 40.7. The van der Waals surface area contributed by atoms with Crippen LogP contribution in [0, 0.1) is 0 Å². The molecule has 0 saturated carbocycles. The summed E-state index contributed by atoms with van der Waals surface area (Å²) < 4.78 is 0. The maximum absolute atomic E-state index is 14.8. The summed E-state index contributed by atoms with van der Waals surface area (Å²) in [6.45, 7) is 2.11. The highest BCUT2D eigenvalue weighted by atomic mass is 16.2. The van der Waals surface area contributed by atoms with Gasteiger partial charge in [-0.2, -0.15) is 0 Å². The summed E-state index contributed by atoms with van der Waals surface area (Å²) >= 11 is 0. The van der Waals surface area contributed by atoms with Crippen LogP contribution in [0.2, 0.25) is 0 Å². The number of carbonyl (C=O) groups is 7. The Kier molecular flexibility index (Phi) is 21.6. The number of amides is 7. The van der Waals surface area contributed by atoms with Crippen LogP contribution in [0.3, 0.4) is 0 Å². The summed E-state index contributed by atoms with van der Waals surface area (Å²) in [6.07, 6.45) is 6.21. The molecule has 386 valence electrons. The number of nitrogens with zero attached hydrogens (tertiary/aromatic N) is 1. The van der Waals surface area contributed by atoms with E-state index < -0.39 is 77.6 Å². The Labute approximate surface area is 418 Å². The number of hydrogen-bond acceptors (Lipinski definition) is 10. The van der Waals surface area contributed by atoms with Crippen molar-refractivity contribution in [3.8, 4) is 0 Å². The lowest BCUT2D eigenvalue weighted by Crippen LogP contribution is -2.60. The number of para-hydroxylation sites is 2. The summed E-state index contributed by atoms with van der Waals surface area (Å²) in [5.41, 5.74) is 32.2. The van der Waals surface area contributed by atoms with Crippen LogP contribution in [0.1, 0.15) is 75.0 Å². The van der Waals surface area contributed by atoms with Gasteiger partial charge >= 0.3 is 0 Å². The molecule has 0 radical (unpaired) electrons. The van der Waals surface area contributed by atoms with Crippen molar-refractivity contribution in [3.05, 3.63) is 108 Å². The quantitative estimate of drug-likeness (QED) is 0.0170. The van der Waals surface area contributed by atoms with E-state index in [1.807, 2.05) is 54.6 Å². The van der Waals surface area contributed by atoms with Crippen molar-refractivity contribution >= 4 is 69.1 Å². The molecule has 0 aliphatic carbocycles. The summed E-state index contributed by atoms with van der Waals surface area (Å²) in [5.74, 6) is -4.78. The van der Waals surface area contributed by atoms with E-state index in [0.717, 1.165) is 27.4 Å². The van der Waals surface area contributed by atoms with Crippen LogP contribution in [-0.4, -0.2) is 113 Å². The highest BCUT2D eigenvalue weighted by molar-refractivity contribution is 5.98. The van der Waals surface area contributed by atoms with Gasteiger partial charge in [0.25, 0.3) is 0 Å². The minimum absolute atomic E-state index is 0.0127. The van der Waals surface area contributed by atoms with Gasteiger partial charge < -0.3 is 70.5 Å². The Balaban J connectivity index is 1.42. The number of benzene rings is 3. The minimum atomic E-state index is -1.31. The minimum Gasteiger partial charge on any atom is -0.370 e. The summed E-state index contributed by atoms with van der Waals surface area (Å²) in [6, 6.07) is 16.8. The van der Waals surface area contributed by atoms with Crippen LogP contribution < -0.4 is 60.6 Å². The van der Waals surface area contributed by atoms with Gasteiger partial charge in [0.15, 0.2) is 5.96 Å². The molecule has 6 atom stereocenters. The molecule has 72 heavy (non-hydrogen) atoms. The van der Waals surface area contributed by atoms with E-state index in [-0.39, 0.29) is 51.0 Å². The van der Waals surface area contributed by atoms with Crippen molar-refractivity contribution in [1.29, 1.82) is 0 Å². The first kappa shape index (κ1) is 55.2. The number of guanidine groups is 1. The predicted molar refractivity (Wildman–Crippen MR) is 276 cm³/mol. The van der Waals surface area contributed by atoms with Gasteiger partial charge in [-0.3, -0.25) is 38.6 Å². The molecular formula is C51H70N14O7.